The van der Waals surface area contributed by atoms with Gasteiger partial charge in [0.2, 0.25) is 12.2 Å². The van der Waals surface area contributed by atoms with E-state index in [0.29, 0.717) is 5.92 Å². The molecule has 0 aromatic rings. The molecule has 0 heterocycles. The Morgan fingerprint density at radius 3 is 2.11 bits per heavy atom. The van der Waals surface area contributed by atoms with E-state index in [1.54, 1.807) is 0 Å². The number of nitrogens with zero attached hydrogens (tertiary/aromatic N) is 2. The SMILES string of the molecule is CCCCCCC(C)CC(C)C(N=C=O)N=C=O. The van der Waals surface area contributed by atoms with E-state index in [0.717, 1.165) is 6.42 Å². The highest BCUT2D eigenvalue weighted by molar-refractivity contribution is 5.37. The van der Waals surface area contributed by atoms with Gasteiger partial charge in [-0.1, -0.05) is 52.9 Å². The molecule has 0 aromatic heterocycles. The molecule has 0 saturated heterocycles. The second-order valence-electron chi connectivity index (χ2n) is 5.02. The van der Waals surface area contributed by atoms with Crippen molar-refractivity contribution < 1.29 is 9.59 Å². The largest absolute Gasteiger partial charge is 0.237 e. The summed E-state index contributed by atoms with van der Waals surface area (Å²) in [4.78, 5) is 27.6. The maximum absolute atomic E-state index is 10.2. The molecule has 0 fully saturated rings. The summed E-state index contributed by atoms with van der Waals surface area (Å²) in [5.74, 6) is 0.636. The highest BCUT2D eigenvalue weighted by Gasteiger charge is 2.18. The van der Waals surface area contributed by atoms with Gasteiger partial charge >= 0.3 is 0 Å². The minimum atomic E-state index is -0.613. The van der Waals surface area contributed by atoms with Crippen LogP contribution < -0.4 is 0 Å². The molecule has 2 unspecified atom stereocenters. The Bertz CT molecular complexity index is 287. The van der Waals surface area contributed by atoms with Gasteiger partial charge in [-0.3, -0.25) is 0 Å². The summed E-state index contributed by atoms with van der Waals surface area (Å²) >= 11 is 0. The minimum absolute atomic E-state index is 0.0778. The minimum Gasteiger partial charge on any atom is -0.211 e. The van der Waals surface area contributed by atoms with Gasteiger partial charge in [-0.15, -0.1) is 0 Å². The third-order valence-electron chi connectivity index (χ3n) is 3.20. The Morgan fingerprint density at radius 2 is 1.61 bits per heavy atom. The fraction of sp³-hybridized carbons (Fsp3) is 0.857. The van der Waals surface area contributed by atoms with Crippen LogP contribution in [0.4, 0.5) is 0 Å². The lowest BCUT2D eigenvalue weighted by molar-refractivity contribution is 0.342. The monoisotopic (exact) mass is 252 g/mol. The maximum atomic E-state index is 10.2. The summed E-state index contributed by atoms with van der Waals surface area (Å²) in [5, 5.41) is 0. The Labute approximate surface area is 110 Å². The van der Waals surface area contributed by atoms with Crippen molar-refractivity contribution in [2.24, 2.45) is 21.8 Å². The normalized spacial score (nSPS) is 15.1. The number of rotatable bonds is 10. The summed E-state index contributed by atoms with van der Waals surface area (Å²) < 4.78 is 0. The fourth-order valence-electron chi connectivity index (χ4n) is 2.19. The molecule has 0 rings (SSSR count). The molecular formula is C14H24N2O2. The van der Waals surface area contributed by atoms with Gasteiger partial charge in [-0.05, 0) is 12.3 Å². The predicted molar refractivity (Wildman–Crippen MR) is 71.7 cm³/mol. The van der Waals surface area contributed by atoms with Crippen LogP contribution in [-0.2, 0) is 9.59 Å². The zero-order chi connectivity index (χ0) is 13.8. The lowest BCUT2D eigenvalue weighted by Crippen LogP contribution is -2.16. The van der Waals surface area contributed by atoms with E-state index < -0.39 is 6.17 Å². The molecule has 0 bridgehead atoms. The van der Waals surface area contributed by atoms with Crippen molar-refractivity contribution >= 4 is 12.2 Å². The second kappa shape index (κ2) is 10.9. The van der Waals surface area contributed by atoms with Gasteiger partial charge in [0.25, 0.3) is 0 Å². The van der Waals surface area contributed by atoms with E-state index in [1.165, 1.54) is 44.3 Å². The summed E-state index contributed by atoms with van der Waals surface area (Å²) in [6, 6.07) is 0. The van der Waals surface area contributed by atoms with Crippen LogP contribution in [-0.4, -0.2) is 18.3 Å². The third kappa shape index (κ3) is 7.94. The van der Waals surface area contributed by atoms with E-state index in [1.807, 2.05) is 6.92 Å². The zero-order valence-electron chi connectivity index (χ0n) is 11.7. The highest BCUT2D eigenvalue weighted by atomic mass is 16.1. The number of unbranched alkanes of at least 4 members (excludes halogenated alkanes) is 3. The molecule has 0 radical (unpaired) electrons. The highest BCUT2D eigenvalue weighted by Crippen LogP contribution is 2.22. The lowest BCUT2D eigenvalue weighted by Gasteiger charge is -2.18. The molecule has 2 atom stereocenters. The molecule has 0 N–H and O–H groups in total. The predicted octanol–water partition coefficient (Wildman–Crippen LogP) is 3.62. The number of aliphatic imine (C=N–C) groups is 2. The first kappa shape index (κ1) is 16.8. The van der Waals surface area contributed by atoms with E-state index >= 15 is 0 Å². The van der Waals surface area contributed by atoms with Crippen LogP contribution >= 0.6 is 0 Å². The van der Waals surface area contributed by atoms with E-state index in [2.05, 4.69) is 23.8 Å². The average molecular weight is 252 g/mol. The summed E-state index contributed by atoms with van der Waals surface area (Å²) in [5.41, 5.74) is 0. The van der Waals surface area contributed by atoms with E-state index in [-0.39, 0.29) is 5.92 Å². The third-order valence-corrected chi connectivity index (χ3v) is 3.20. The van der Waals surface area contributed by atoms with Crippen molar-refractivity contribution in [1.29, 1.82) is 0 Å². The van der Waals surface area contributed by atoms with Crippen molar-refractivity contribution in [3.05, 3.63) is 0 Å². The Morgan fingerprint density at radius 1 is 1.00 bits per heavy atom. The molecule has 0 spiro atoms. The van der Waals surface area contributed by atoms with Crippen LogP contribution in [0.25, 0.3) is 0 Å². The summed E-state index contributed by atoms with van der Waals surface area (Å²) in [6.45, 7) is 6.34. The molecule has 0 aliphatic rings. The molecule has 4 heteroatoms. The number of carbonyl (C=O) groups excluding carboxylic acids is 2. The molecule has 4 nitrogen and oxygen atoms in total. The second-order valence-corrected chi connectivity index (χ2v) is 5.02. The zero-order valence-corrected chi connectivity index (χ0v) is 11.7. The first-order chi connectivity index (χ1) is 8.65. The van der Waals surface area contributed by atoms with Crippen molar-refractivity contribution in [3.63, 3.8) is 0 Å². The molecular weight excluding hydrogens is 228 g/mol. The van der Waals surface area contributed by atoms with Crippen molar-refractivity contribution in [1.82, 2.24) is 0 Å². The first-order valence-corrected chi connectivity index (χ1v) is 6.79. The smallest absolute Gasteiger partial charge is 0.211 e. The molecule has 102 valence electrons. The van der Waals surface area contributed by atoms with Crippen LogP contribution in [0.5, 0.6) is 0 Å². The topological polar surface area (TPSA) is 58.9 Å². The average Bonchev–Trinajstić information content (AvgIpc) is 2.34. The first-order valence-electron chi connectivity index (χ1n) is 6.79. The van der Waals surface area contributed by atoms with Crippen molar-refractivity contribution in [2.75, 3.05) is 0 Å². The maximum Gasteiger partial charge on any atom is 0.237 e. The molecule has 18 heavy (non-hydrogen) atoms. The van der Waals surface area contributed by atoms with Crippen LogP contribution in [0.3, 0.4) is 0 Å². The van der Waals surface area contributed by atoms with Crippen LogP contribution in [0, 0.1) is 11.8 Å². The Kier molecular flexibility index (Phi) is 10.1. The fourth-order valence-corrected chi connectivity index (χ4v) is 2.19. The van der Waals surface area contributed by atoms with Crippen LogP contribution in [0.15, 0.2) is 9.98 Å². The Hall–Kier alpha value is -1.24. The molecule has 0 aliphatic carbocycles. The molecule has 0 saturated carbocycles. The van der Waals surface area contributed by atoms with Gasteiger partial charge < -0.3 is 0 Å². The van der Waals surface area contributed by atoms with E-state index in [9.17, 15) is 9.59 Å². The molecule has 0 amide bonds. The molecule has 0 aliphatic heterocycles. The number of hydrogen-bond acceptors (Lipinski definition) is 4. The quantitative estimate of drug-likeness (QED) is 0.339. The van der Waals surface area contributed by atoms with Crippen LogP contribution in [0.1, 0.15) is 59.3 Å². The summed E-state index contributed by atoms with van der Waals surface area (Å²) in [7, 11) is 0. The van der Waals surface area contributed by atoms with Gasteiger partial charge in [0.15, 0.2) is 6.17 Å². The van der Waals surface area contributed by atoms with Gasteiger partial charge in [0, 0.05) is 5.92 Å². The summed E-state index contributed by atoms with van der Waals surface area (Å²) in [6.07, 6.45) is 9.45. The standard InChI is InChI=1S/C14H24N2O2/c1-4-5-6-7-8-12(2)9-13(3)14(15-10-17)16-11-18/h12-14H,4-9H2,1-3H3. The van der Waals surface area contributed by atoms with Gasteiger partial charge in [0.05, 0.1) is 0 Å². The number of hydrogen-bond donors (Lipinski definition) is 0. The Balaban J connectivity index is 4.06. The van der Waals surface area contributed by atoms with Gasteiger partial charge in [-0.25, -0.2) is 9.59 Å². The lowest BCUT2D eigenvalue weighted by atomic mass is 9.91. The van der Waals surface area contributed by atoms with Gasteiger partial charge in [-0.2, -0.15) is 9.98 Å². The number of isocyanates is 2. The van der Waals surface area contributed by atoms with Crippen molar-refractivity contribution in [3.8, 4) is 0 Å². The van der Waals surface area contributed by atoms with E-state index in [4.69, 9.17) is 0 Å². The van der Waals surface area contributed by atoms with Crippen LogP contribution in [0.2, 0.25) is 0 Å². The van der Waals surface area contributed by atoms with Crippen molar-refractivity contribution in [2.45, 2.75) is 65.5 Å². The van der Waals surface area contributed by atoms with Gasteiger partial charge in [0.1, 0.15) is 0 Å². The molecule has 0 aromatic carbocycles.